The fraction of sp³-hybridized carbons (Fsp3) is 0.176. The summed E-state index contributed by atoms with van der Waals surface area (Å²) < 4.78 is 111. The van der Waals surface area contributed by atoms with Crippen LogP contribution in [-0.2, 0) is 6.54 Å². The number of furan rings is 1. The Kier molecular flexibility index (Phi) is 6.25. The predicted octanol–water partition coefficient (Wildman–Crippen LogP) is 5.86. The van der Waals surface area contributed by atoms with Crippen molar-refractivity contribution < 1.29 is 44.3 Å². The van der Waals surface area contributed by atoms with Gasteiger partial charge in [-0.1, -0.05) is 11.6 Å². The van der Waals surface area contributed by atoms with Crippen molar-refractivity contribution in [1.82, 2.24) is 9.78 Å². The highest BCUT2D eigenvalue weighted by molar-refractivity contribution is 6.32. The fourth-order valence-electron chi connectivity index (χ4n) is 2.53. The van der Waals surface area contributed by atoms with Crippen molar-refractivity contribution in [2.75, 3.05) is 5.32 Å². The first-order valence-electron chi connectivity index (χ1n) is 8.06. The Bertz CT molecular complexity index is 1120. The number of rotatable bonds is 6. The molecule has 31 heavy (non-hydrogen) atoms. The third-order valence-electron chi connectivity index (χ3n) is 3.91. The highest BCUT2D eigenvalue weighted by Crippen LogP contribution is 2.35. The normalized spacial score (nSPS) is 11.6. The molecule has 3 aromatic rings. The number of carbonyl (C=O) groups is 1. The quantitative estimate of drug-likeness (QED) is 0.360. The third-order valence-corrected chi connectivity index (χ3v) is 4.30. The highest BCUT2D eigenvalue weighted by atomic mass is 35.5. The van der Waals surface area contributed by atoms with Gasteiger partial charge in [0.2, 0.25) is 0 Å². The van der Waals surface area contributed by atoms with E-state index in [1.165, 1.54) is 0 Å². The first-order chi connectivity index (χ1) is 14.5. The van der Waals surface area contributed by atoms with Crippen molar-refractivity contribution in [2.24, 2.45) is 0 Å². The van der Waals surface area contributed by atoms with Crippen molar-refractivity contribution >= 4 is 23.2 Å². The molecule has 0 aliphatic rings. The number of anilines is 1. The largest absolute Gasteiger partial charge is 0.454 e. The Morgan fingerprint density at radius 3 is 2.23 bits per heavy atom. The van der Waals surface area contributed by atoms with Crippen LogP contribution in [0, 0.1) is 23.3 Å². The van der Waals surface area contributed by atoms with Gasteiger partial charge in [-0.3, -0.25) is 9.48 Å². The van der Waals surface area contributed by atoms with Crippen LogP contribution in [0.5, 0.6) is 0 Å². The first kappa shape index (κ1) is 22.6. The van der Waals surface area contributed by atoms with Crippen molar-refractivity contribution in [3.8, 4) is 0 Å². The van der Waals surface area contributed by atoms with Gasteiger partial charge in [0.25, 0.3) is 18.8 Å². The molecule has 0 spiro atoms. The van der Waals surface area contributed by atoms with E-state index in [0.29, 0.717) is 4.68 Å². The molecule has 0 saturated carbocycles. The van der Waals surface area contributed by atoms with Gasteiger partial charge >= 0.3 is 0 Å². The molecule has 0 atom stereocenters. The Balaban J connectivity index is 1.85. The van der Waals surface area contributed by atoms with Crippen molar-refractivity contribution in [3.05, 3.63) is 69.4 Å². The van der Waals surface area contributed by atoms with Crippen LogP contribution in [0.2, 0.25) is 5.02 Å². The number of amides is 1. The van der Waals surface area contributed by atoms with Gasteiger partial charge in [0.15, 0.2) is 29.0 Å². The van der Waals surface area contributed by atoms with Crippen molar-refractivity contribution in [3.63, 3.8) is 0 Å². The molecule has 14 heteroatoms. The van der Waals surface area contributed by atoms with Crippen LogP contribution < -0.4 is 5.32 Å². The summed E-state index contributed by atoms with van der Waals surface area (Å²) >= 11 is 5.52. The zero-order valence-corrected chi connectivity index (χ0v) is 15.5. The van der Waals surface area contributed by atoms with Gasteiger partial charge in [-0.25, -0.2) is 35.1 Å². The number of aromatic nitrogens is 2. The maximum atomic E-state index is 13.7. The summed E-state index contributed by atoms with van der Waals surface area (Å²) in [5, 5.41) is 3.95. The van der Waals surface area contributed by atoms with Crippen molar-refractivity contribution in [2.45, 2.75) is 19.4 Å². The van der Waals surface area contributed by atoms with Crippen LogP contribution >= 0.6 is 11.6 Å². The lowest BCUT2D eigenvalue weighted by molar-refractivity contribution is 0.0992. The van der Waals surface area contributed by atoms with E-state index in [2.05, 4.69) is 5.10 Å². The minimum Gasteiger partial charge on any atom is -0.454 e. The standard InChI is InChI=1S/C17H8ClF8N3O2/c18-9-12(15(23)24)28-29(14(9)16(25)26)4-5-1-2-8(31-5)17(30)27-13-10(21)6(19)3-7(20)11(13)22/h1-3,15-16H,4H2,(H,27,30). The number of carbonyl (C=O) groups excluding carboxylic acids is 1. The summed E-state index contributed by atoms with van der Waals surface area (Å²) in [6.45, 7) is -0.656. The number of nitrogens with one attached hydrogen (secondary N) is 1. The molecule has 0 aliphatic carbocycles. The van der Waals surface area contributed by atoms with Crippen LogP contribution in [0.25, 0.3) is 0 Å². The van der Waals surface area contributed by atoms with Crippen LogP contribution in [0.15, 0.2) is 22.6 Å². The number of hydrogen-bond acceptors (Lipinski definition) is 3. The number of hydrogen-bond donors (Lipinski definition) is 1. The van der Waals surface area contributed by atoms with Gasteiger partial charge in [0.1, 0.15) is 22.8 Å². The molecule has 2 aromatic heterocycles. The minimum absolute atomic E-state index is 0.0607. The highest BCUT2D eigenvalue weighted by Gasteiger charge is 2.29. The van der Waals surface area contributed by atoms with E-state index in [4.69, 9.17) is 16.0 Å². The first-order valence-corrected chi connectivity index (χ1v) is 8.44. The lowest BCUT2D eigenvalue weighted by Gasteiger charge is -2.08. The average molecular weight is 474 g/mol. The fourth-order valence-corrected chi connectivity index (χ4v) is 2.83. The number of benzene rings is 1. The second kappa shape index (κ2) is 8.57. The predicted molar refractivity (Wildman–Crippen MR) is 89.2 cm³/mol. The maximum Gasteiger partial charge on any atom is 0.291 e. The summed E-state index contributed by atoms with van der Waals surface area (Å²) in [7, 11) is 0. The number of halogens is 9. The molecule has 0 radical (unpaired) electrons. The molecular formula is C17H8ClF8N3O2. The van der Waals surface area contributed by atoms with E-state index in [1.54, 1.807) is 5.32 Å². The van der Waals surface area contributed by atoms with E-state index < -0.39 is 76.4 Å². The molecule has 5 nitrogen and oxygen atoms in total. The molecule has 3 rings (SSSR count). The van der Waals surface area contributed by atoms with Gasteiger partial charge in [0.05, 0.1) is 11.6 Å². The van der Waals surface area contributed by atoms with Gasteiger partial charge in [-0.05, 0) is 12.1 Å². The second-order valence-corrected chi connectivity index (χ2v) is 6.28. The summed E-state index contributed by atoms with van der Waals surface area (Å²) in [6, 6.07) is 1.94. The van der Waals surface area contributed by atoms with Gasteiger partial charge < -0.3 is 9.73 Å². The number of alkyl halides is 4. The van der Waals surface area contributed by atoms with Crippen LogP contribution in [0.3, 0.4) is 0 Å². The molecule has 1 N–H and O–H groups in total. The third kappa shape index (κ3) is 4.36. The van der Waals surface area contributed by atoms with Gasteiger partial charge in [-0.2, -0.15) is 5.10 Å². The summed E-state index contributed by atoms with van der Waals surface area (Å²) in [5.74, 6) is -9.49. The van der Waals surface area contributed by atoms with Crippen LogP contribution in [0.1, 0.15) is 40.6 Å². The molecule has 0 bridgehead atoms. The molecular weight excluding hydrogens is 466 g/mol. The Morgan fingerprint density at radius 2 is 1.68 bits per heavy atom. The Hall–Kier alpha value is -3.09. The summed E-state index contributed by atoms with van der Waals surface area (Å²) in [5.41, 5.74) is -3.51. The Labute approximate surface area is 172 Å². The average Bonchev–Trinajstić information content (AvgIpc) is 3.28. The van der Waals surface area contributed by atoms with Crippen molar-refractivity contribution in [1.29, 1.82) is 0 Å². The monoisotopic (exact) mass is 473 g/mol. The number of nitrogens with zero attached hydrogens (tertiary/aromatic N) is 2. The molecule has 0 fully saturated rings. The molecule has 2 heterocycles. The SMILES string of the molecule is O=C(Nc1c(F)c(F)cc(F)c1F)c1ccc(Cn2nc(C(F)F)c(Cl)c2C(F)F)o1. The van der Waals surface area contributed by atoms with Crippen LogP contribution in [0.4, 0.5) is 40.8 Å². The Morgan fingerprint density at radius 1 is 1.06 bits per heavy atom. The van der Waals surface area contributed by atoms with Gasteiger partial charge in [-0.15, -0.1) is 0 Å². The summed E-state index contributed by atoms with van der Waals surface area (Å²) in [6.07, 6.45) is -6.50. The van der Waals surface area contributed by atoms with Gasteiger partial charge in [0, 0.05) is 6.07 Å². The van der Waals surface area contributed by atoms with E-state index in [0.717, 1.165) is 12.1 Å². The minimum atomic E-state index is -3.26. The lowest BCUT2D eigenvalue weighted by atomic mass is 10.2. The lowest BCUT2D eigenvalue weighted by Crippen LogP contribution is -2.15. The molecule has 1 aromatic carbocycles. The smallest absolute Gasteiger partial charge is 0.291 e. The second-order valence-electron chi connectivity index (χ2n) is 5.91. The topological polar surface area (TPSA) is 60.1 Å². The van der Waals surface area contributed by atoms with E-state index >= 15 is 0 Å². The molecule has 0 saturated heterocycles. The molecule has 0 aliphatic heterocycles. The zero-order valence-electron chi connectivity index (χ0n) is 14.7. The zero-order chi connectivity index (χ0) is 23.0. The maximum absolute atomic E-state index is 13.7. The van der Waals surface area contributed by atoms with E-state index in [-0.39, 0.29) is 11.8 Å². The van der Waals surface area contributed by atoms with E-state index in [1.807, 2.05) is 0 Å². The molecule has 1 amide bonds. The van der Waals surface area contributed by atoms with E-state index in [9.17, 15) is 39.9 Å². The summed E-state index contributed by atoms with van der Waals surface area (Å²) in [4.78, 5) is 12.1. The molecule has 0 unspecified atom stereocenters. The van der Waals surface area contributed by atoms with Crippen LogP contribution in [-0.4, -0.2) is 15.7 Å². The molecule has 166 valence electrons.